The first kappa shape index (κ1) is 7.69. The number of carbonyl (C=O) groups is 1. The van der Waals surface area contributed by atoms with E-state index in [4.69, 9.17) is 4.74 Å². The largest absolute Gasteiger partial charge is 0.380 e. The van der Waals surface area contributed by atoms with Gasteiger partial charge in [-0.25, -0.2) is 0 Å². The second-order valence-corrected chi connectivity index (χ2v) is 2.80. The van der Waals surface area contributed by atoms with Crippen LogP contribution < -0.4 is 0 Å². The van der Waals surface area contributed by atoms with Crippen LogP contribution in [-0.4, -0.2) is 44.0 Å². The van der Waals surface area contributed by atoms with E-state index in [2.05, 4.69) is 0 Å². The number of piperidine rings is 1. The number of carbonyl (C=O) groups excluding carboxylic acids is 1. The van der Waals surface area contributed by atoms with E-state index < -0.39 is 0 Å². The highest BCUT2D eigenvalue weighted by molar-refractivity contribution is 5.81. The third kappa shape index (κ3) is 1.78. The fourth-order valence-electron chi connectivity index (χ4n) is 1.25. The second kappa shape index (κ2) is 3.12. The summed E-state index contributed by atoms with van der Waals surface area (Å²) >= 11 is 0. The minimum Gasteiger partial charge on any atom is -0.380 e. The van der Waals surface area contributed by atoms with E-state index >= 15 is 0 Å². The van der Waals surface area contributed by atoms with Crippen molar-refractivity contribution in [2.45, 2.75) is 12.5 Å². The molecule has 0 aromatic rings. The van der Waals surface area contributed by atoms with E-state index in [1.54, 1.807) is 7.11 Å². The summed E-state index contributed by atoms with van der Waals surface area (Å²) in [6.07, 6.45) is 0.701. The molecule has 1 heterocycles. The van der Waals surface area contributed by atoms with Crippen LogP contribution in [0.4, 0.5) is 0 Å². The molecule has 1 saturated heterocycles. The zero-order chi connectivity index (χ0) is 7.56. The lowest BCUT2D eigenvalue weighted by molar-refractivity contribution is -0.126. The Morgan fingerprint density at radius 3 is 2.90 bits per heavy atom. The number of methoxy groups -OCH3 is 1. The first-order valence-corrected chi connectivity index (χ1v) is 3.45. The van der Waals surface area contributed by atoms with E-state index in [1.807, 2.05) is 11.9 Å². The van der Waals surface area contributed by atoms with Gasteiger partial charge in [0.2, 0.25) is 0 Å². The molecule has 0 aliphatic carbocycles. The van der Waals surface area contributed by atoms with Gasteiger partial charge in [-0.3, -0.25) is 9.69 Å². The summed E-state index contributed by atoms with van der Waals surface area (Å²) in [6, 6.07) is 0. The van der Waals surface area contributed by atoms with Crippen LogP contribution in [0, 0.1) is 0 Å². The van der Waals surface area contributed by atoms with Crippen LogP contribution >= 0.6 is 0 Å². The van der Waals surface area contributed by atoms with Crippen LogP contribution in [-0.2, 0) is 9.53 Å². The average Bonchev–Trinajstić information content (AvgIpc) is 1.85. The molecule has 1 rings (SSSR count). The molecular formula is C7H13NO2. The average molecular weight is 143 g/mol. The normalized spacial score (nSPS) is 29.0. The van der Waals surface area contributed by atoms with Crippen molar-refractivity contribution < 1.29 is 9.53 Å². The van der Waals surface area contributed by atoms with Crippen molar-refractivity contribution in [3.63, 3.8) is 0 Å². The Morgan fingerprint density at radius 2 is 2.40 bits per heavy atom. The Kier molecular flexibility index (Phi) is 2.40. The molecule has 3 nitrogen and oxygen atoms in total. The van der Waals surface area contributed by atoms with Crippen molar-refractivity contribution >= 4 is 5.78 Å². The summed E-state index contributed by atoms with van der Waals surface area (Å²) in [5, 5.41) is 0. The van der Waals surface area contributed by atoms with Crippen molar-refractivity contribution in [3.8, 4) is 0 Å². The number of likely N-dealkylation sites (tertiary alicyclic amines) is 1. The van der Waals surface area contributed by atoms with Gasteiger partial charge in [0, 0.05) is 20.1 Å². The van der Waals surface area contributed by atoms with Crippen molar-refractivity contribution in [3.05, 3.63) is 0 Å². The third-order valence-corrected chi connectivity index (χ3v) is 1.75. The Morgan fingerprint density at radius 1 is 1.70 bits per heavy atom. The van der Waals surface area contributed by atoms with Crippen LogP contribution in [0.3, 0.4) is 0 Å². The van der Waals surface area contributed by atoms with E-state index in [1.165, 1.54) is 0 Å². The van der Waals surface area contributed by atoms with Gasteiger partial charge in [0.25, 0.3) is 0 Å². The number of likely N-dealkylation sites (N-methyl/N-ethyl adjacent to an activating group) is 1. The van der Waals surface area contributed by atoms with Crippen LogP contribution in [0.2, 0.25) is 0 Å². The van der Waals surface area contributed by atoms with Gasteiger partial charge in [-0.05, 0) is 7.05 Å². The minimum absolute atomic E-state index is 0.117. The predicted octanol–water partition coefficient (Wildman–Crippen LogP) is -0.0940. The molecule has 0 spiro atoms. The summed E-state index contributed by atoms with van der Waals surface area (Å²) in [4.78, 5) is 12.9. The van der Waals surface area contributed by atoms with E-state index in [9.17, 15) is 4.79 Å². The van der Waals surface area contributed by atoms with Crippen LogP contribution in [0.15, 0.2) is 0 Å². The molecule has 1 fully saturated rings. The van der Waals surface area contributed by atoms with Crippen molar-refractivity contribution in [1.29, 1.82) is 0 Å². The molecule has 0 aromatic carbocycles. The molecule has 0 N–H and O–H groups in total. The van der Waals surface area contributed by atoms with Gasteiger partial charge in [0.1, 0.15) is 5.78 Å². The summed E-state index contributed by atoms with van der Waals surface area (Å²) in [7, 11) is 3.58. The van der Waals surface area contributed by atoms with Crippen LogP contribution in [0.1, 0.15) is 6.42 Å². The molecule has 0 unspecified atom stereocenters. The minimum atomic E-state index is 0.117. The molecule has 0 amide bonds. The first-order chi connectivity index (χ1) is 4.72. The molecule has 1 atom stereocenters. The highest BCUT2D eigenvalue weighted by Gasteiger charge is 2.21. The molecule has 10 heavy (non-hydrogen) atoms. The maximum atomic E-state index is 10.9. The van der Waals surface area contributed by atoms with Crippen molar-refractivity contribution in [1.82, 2.24) is 4.90 Å². The zero-order valence-corrected chi connectivity index (χ0v) is 6.46. The fourth-order valence-corrected chi connectivity index (χ4v) is 1.25. The van der Waals surface area contributed by atoms with Crippen LogP contribution in [0.5, 0.6) is 0 Å². The van der Waals surface area contributed by atoms with Crippen molar-refractivity contribution in [2.24, 2.45) is 0 Å². The first-order valence-electron chi connectivity index (χ1n) is 3.45. The molecule has 3 heteroatoms. The van der Waals surface area contributed by atoms with Gasteiger partial charge in [0.05, 0.1) is 12.6 Å². The molecule has 0 bridgehead atoms. The second-order valence-electron chi connectivity index (χ2n) is 2.80. The highest BCUT2D eigenvalue weighted by atomic mass is 16.5. The molecule has 0 radical (unpaired) electrons. The summed E-state index contributed by atoms with van der Waals surface area (Å²) in [5.41, 5.74) is 0. The number of ketones is 1. The predicted molar refractivity (Wildman–Crippen MR) is 37.9 cm³/mol. The lowest BCUT2D eigenvalue weighted by Gasteiger charge is -2.27. The topological polar surface area (TPSA) is 29.5 Å². The van der Waals surface area contributed by atoms with Gasteiger partial charge in [-0.1, -0.05) is 0 Å². The Hall–Kier alpha value is -0.410. The number of ether oxygens (including phenoxy) is 1. The fraction of sp³-hybridized carbons (Fsp3) is 0.857. The number of Topliss-reactive ketones (excluding diaryl/α,β-unsaturated/α-hetero) is 1. The summed E-state index contributed by atoms with van der Waals surface area (Å²) < 4.78 is 5.07. The number of hydrogen-bond donors (Lipinski definition) is 0. The lowest BCUT2D eigenvalue weighted by atomic mass is 10.1. The molecule has 0 saturated carbocycles. The number of rotatable bonds is 1. The van der Waals surface area contributed by atoms with Gasteiger partial charge in [0.15, 0.2) is 0 Å². The van der Waals surface area contributed by atoms with Gasteiger partial charge in [-0.15, -0.1) is 0 Å². The lowest BCUT2D eigenvalue weighted by Crippen LogP contribution is -2.41. The number of nitrogens with zero attached hydrogens (tertiary/aromatic N) is 1. The summed E-state index contributed by atoms with van der Waals surface area (Å²) in [5.74, 6) is 0.278. The Labute approximate surface area is 61.0 Å². The Balaban J connectivity index is 2.42. The standard InChI is InChI=1S/C7H13NO2/c1-8-4-6(9)3-7(5-8)10-2/h7H,3-5H2,1-2H3/t7-/m0/s1. The quantitative estimate of drug-likeness (QED) is 0.513. The van der Waals surface area contributed by atoms with Gasteiger partial charge >= 0.3 is 0 Å². The third-order valence-electron chi connectivity index (χ3n) is 1.75. The molecule has 58 valence electrons. The maximum absolute atomic E-state index is 10.9. The zero-order valence-electron chi connectivity index (χ0n) is 6.46. The summed E-state index contributed by atoms with van der Waals surface area (Å²) in [6.45, 7) is 1.46. The van der Waals surface area contributed by atoms with E-state index in [0.29, 0.717) is 13.0 Å². The highest BCUT2D eigenvalue weighted by Crippen LogP contribution is 2.06. The smallest absolute Gasteiger partial charge is 0.149 e. The monoisotopic (exact) mass is 143 g/mol. The Bertz CT molecular complexity index is 136. The van der Waals surface area contributed by atoms with E-state index in [-0.39, 0.29) is 11.9 Å². The molecule has 0 aromatic heterocycles. The number of hydrogen-bond acceptors (Lipinski definition) is 3. The molecular weight excluding hydrogens is 130 g/mol. The van der Waals surface area contributed by atoms with Gasteiger partial charge < -0.3 is 4.74 Å². The maximum Gasteiger partial charge on any atom is 0.149 e. The SMILES string of the molecule is CO[C@H]1CC(=O)CN(C)C1. The van der Waals surface area contributed by atoms with Crippen LogP contribution in [0.25, 0.3) is 0 Å². The molecule has 1 aliphatic rings. The van der Waals surface area contributed by atoms with E-state index in [0.717, 1.165) is 6.54 Å². The molecule has 1 aliphatic heterocycles. The van der Waals surface area contributed by atoms with Gasteiger partial charge in [-0.2, -0.15) is 0 Å². The van der Waals surface area contributed by atoms with Crippen molar-refractivity contribution in [2.75, 3.05) is 27.2 Å².